The van der Waals surface area contributed by atoms with Crippen molar-refractivity contribution in [3.05, 3.63) is 34.3 Å². The van der Waals surface area contributed by atoms with Gasteiger partial charge in [0.1, 0.15) is 0 Å². The van der Waals surface area contributed by atoms with E-state index >= 15 is 0 Å². The fourth-order valence-electron chi connectivity index (χ4n) is 1.76. The second kappa shape index (κ2) is 6.34. The summed E-state index contributed by atoms with van der Waals surface area (Å²) in [6.07, 6.45) is 0. The van der Waals surface area contributed by atoms with Crippen LogP contribution in [0.15, 0.2) is 28.7 Å². The Hall–Kier alpha value is -0.870. The summed E-state index contributed by atoms with van der Waals surface area (Å²) in [6, 6.07) is 8.31. The van der Waals surface area contributed by atoms with Gasteiger partial charge in [0.25, 0.3) is 0 Å². The molecule has 0 fully saturated rings. The lowest BCUT2D eigenvalue weighted by Gasteiger charge is -2.26. The second-order valence-electron chi connectivity index (χ2n) is 5.09. The zero-order valence-electron chi connectivity index (χ0n) is 11.4. The highest BCUT2D eigenvalue weighted by Crippen LogP contribution is 2.24. The zero-order valence-corrected chi connectivity index (χ0v) is 13.0. The number of rotatable bonds is 5. The second-order valence-corrected chi connectivity index (χ2v) is 5.94. The van der Waals surface area contributed by atoms with Crippen molar-refractivity contribution in [2.45, 2.75) is 26.8 Å². The van der Waals surface area contributed by atoms with E-state index in [9.17, 15) is 4.79 Å². The number of carbonyl (C=O) groups is 1. The van der Waals surface area contributed by atoms with Crippen molar-refractivity contribution >= 4 is 21.8 Å². The normalized spacial score (nSPS) is 13.2. The van der Waals surface area contributed by atoms with E-state index < -0.39 is 5.41 Å². The number of hydrogen-bond donors (Lipinski definition) is 2. The predicted molar refractivity (Wildman–Crippen MR) is 78.4 cm³/mol. The van der Waals surface area contributed by atoms with E-state index in [1.165, 1.54) is 5.56 Å². The maximum absolute atomic E-state index is 11.7. The largest absolute Gasteiger partial charge is 0.359 e. The lowest BCUT2D eigenvalue weighted by atomic mass is 9.91. The Bertz CT molecular complexity index is 418. The summed E-state index contributed by atoms with van der Waals surface area (Å²) in [7, 11) is 1.67. The van der Waals surface area contributed by atoms with Crippen LogP contribution in [0.3, 0.4) is 0 Å². The summed E-state index contributed by atoms with van der Waals surface area (Å²) in [6.45, 7) is 6.60. The van der Waals surface area contributed by atoms with Gasteiger partial charge in [-0.2, -0.15) is 0 Å². The minimum Gasteiger partial charge on any atom is -0.359 e. The molecule has 1 rings (SSSR count). The number of halogens is 1. The smallest absolute Gasteiger partial charge is 0.226 e. The van der Waals surface area contributed by atoms with Gasteiger partial charge >= 0.3 is 0 Å². The molecule has 1 aromatic carbocycles. The summed E-state index contributed by atoms with van der Waals surface area (Å²) in [5, 5.41) is 6.10. The maximum atomic E-state index is 11.7. The van der Waals surface area contributed by atoms with Crippen LogP contribution in [0.4, 0.5) is 0 Å². The van der Waals surface area contributed by atoms with Crippen LogP contribution < -0.4 is 10.6 Å². The fraction of sp³-hybridized carbons (Fsp3) is 0.500. The third kappa shape index (κ3) is 3.82. The highest BCUT2D eigenvalue weighted by molar-refractivity contribution is 9.10. The van der Waals surface area contributed by atoms with E-state index in [0.29, 0.717) is 6.54 Å². The molecule has 1 unspecified atom stereocenters. The lowest BCUT2D eigenvalue weighted by Crippen LogP contribution is -2.42. The van der Waals surface area contributed by atoms with Gasteiger partial charge in [-0.3, -0.25) is 4.79 Å². The van der Waals surface area contributed by atoms with Gasteiger partial charge in [0, 0.05) is 24.1 Å². The molecule has 0 spiro atoms. The number of benzene rings is 1. The first kappa shape index (κ1) is 15.2. The van der Waals surface area contributed by atoms with Crippen LogP contribution in [-0.4, -0.2) is 19.5 Å². The molecule has 1 amide bonds. The molecule has 0 aromatic heterocycles. The number of hydrogen-bond acceptors (Lipinski definition) is 2. The van der Waals surface area contributed by atoms with E-state index in [4.69, 9.17) is 0 Å². The molecule has 0 bridgehead atoms. The highest BCUT2D eigenvalue weighted by atomic mass is 79.9. The van der Waals surface area contributed by atoms with E-state index in [1.54, 1.807) is 7.05 Å². The van der Waals surface area contributed by atoms with Crippen LogP contribution in [-0.2, 0) is 4.79 Å². The number of amides is 1. The maximum Gasteiger partial charge on any atom is 0.226 e. The Balaban J connectivity index is 2.64. The summed E-state index contributed by atoms with van der Waals surface area (Å²) < 4.78 is 1.09. The first-order valence-corrected chi connectivity index (χ1v) is 6.88. The molecule has 1 aromatic rings. The fourth-order valence-corrected chi connectivity index (χ4v) is 2.39. The summed E-state index contributed by atoms with van der Waals surface area (Å²) in [5.41, 5.74) is 0.787. The van der Waals surface area contributed by atoms with E-state index in [1.807, 2.05) is 32.0 Å². The summed E-state index contributed by atoms with van der Waals surface area (Å²) in [4.78, 5) is 11.7. The van der Waals surface area contributed by atoms with Crippen molar-refractivity contribution in [2.24, 2.45) is 5.41 Å². The predicted octanol–water partition coefficient (Wildman–Crippen LogP) is 2.87. The van der Waals surface area contributed by atoms with Gasteiger partial charge in [0.2, 0.25) is 5.91 Å². The van der Waals surface area contributed by atoms with Crippen molar-refractivity contribution in [2.75, 3.05) is 13.6 Å². The van der Waals surface area contributed by atoms with Gasteiger partial charge in [-0.05, 0) is 32.4 Å². The number of carbonyl (C=O) groups excluding carboxylic acids is 1. The van der Waals surface area contributed by atoms with Gasteiger partial charge in [-0.1, -0.05) is 34.1 Å². The monoisotopic (exact) mass is 312 g/mol. The Morgan fingerprint density at radius 3 is 2.56 bits per heavy atom. The molecule has 0 aliphatic rings. The van der Waals surface area contributed by atoms with Crippen LogP contribution in [0.25, 0.3) is 0 Å². The standard InChI is InChI=1S/C14H21BrN2O/c1-10(11-7-5-6-8-12(11)15)17-9-14(2,3)13(18)16-4/h5-8,10,17H,9H2,1-4H3,(H,16,18). The van der Waals surface area contributed by atoms with Crippen LogP contribution in [0.1, 0.15) is 32.4 Å². The SMILES string of the molecule is CNC(=O)C(C)(C)CNC(C)c1ccccc1Br. The van der Waals surface area contributed by atoms with Crippen molar-refractivity contribution < 1.29 is 4.79 Å². The first-order valence-electron chi connectivity index (χ1n) is 6.08. The molecule has 18 heavy (non-hydrogen) atoms. The molecule has 0 saturated heterocycles. The quantitative estimate of drug-likeness (QED) is 0.877. The van der Waals surface area contributed by atoms with Gasteiger partial charge in [0.15, 0.2) is 0 Å². The van der Waals surface area contributed by atoms with Crippen LogP contribution in [0.2, 0.25) is 0 Å². The van der Waals surface area contributed by atoms with E-state index in [2.05, 4.69) is 39.6 Å². The van der Waals surface area contributed by atoms with Gasteiger partial charge in [-0.25, -0.2) is 0 Å². The molecule has 2 N–H and O–H groups in total. The van der Waals surface area contributed by atoms with Gasteiger partial charge < -0.3 is 10.6 Å². The van der Waals surface area contributed by atoms with Gasteiger partial charge in [-0.15, -0.1) is 0 Å². The third-order valence-corrected chi connectivity index (χ3v) is 3.79. The van der Waals surface area contributed by atoms with Crippen molar-refractivity contribution in [1.29, 1.82) is 0 Å². The molecule has 3 nitrogen and oxygen atoms in total. The summed E-state index contributed by atoms with van der Waals surface area (Å²) >= 11 is 3.54. The zero-order chi connectivity index (χ0) is 13.8. The molecule has 0 aliphatic carbocycles. The minimum atomic E-state index is -0.412. The topological polar surface area (TPSA) is 41.1 Å². The van der Waals surface area contributed by atoms with Gasteiger partial charge in [0.05, 0.1) is 5.41 Å². The molecular weight excluding hydrogens is 292 g/mol. The third-order valence-electron chi connectivity index (χ3n) is 3.06. The highest BCUT2D eigenvalue weighted by Gasteiger charge is 2.26. The summed E-state index contributed by atoms with van der Waals surface area (Å²) in [5.74, 6) is 0.0503. The Morgan fingerprint density at radius 1 is 1.39 bits per heavy atom. The van der Waals surface area contributed by atoms with E-state index in [-0.39, 0.29) is 11.9 Å². The molecule has 100 valence electrons. The average molecular weight is 313 g/mol. The molecule has 4 heteroatoms. The average Bonchev–Trinajstić information content (AvgIpc) is 2.35. The Kier molecular flexibility index (Phi) is 5.35. The molecular formula is C14H21BrN2O. The molecule has 0 heterocycles. The van der Waals surface area contributed by atoms with Crippen molar-refractivity contribution in [3.63, 3.8) is 0 Å². The van der Waals surface area contributed by atoms with E-state index in [0.717, 1.165) is 4.47 Å². The van der Waals surface area contributed by atoms with Crippen LogP contribution in [0.5, 0.6) is 0 Å². The molecule has 0 saturated carbocycles. The first-order chi connectivity index (χ1) is 8.38. The Morgan fingerprint density at radius 2 is 2.00 bits per heavy atom. The molecule has 1 atom stereocenters. The lowest BCUT2D eigenvalue weighted by molar-refractivity contribution is -0.128. The Labute approximate surface area is 117 Å². The molecule has 0 radical (unpaired) electrons. The van der Waals surface area contributed by atoms with Crippen LogP contribution >= 0.6 is 15.9 Å². The minimum absolute atomic E-state index is 0.0503. The van der Waals surface area contributed by atoms with Crippen LogP contribution in [0, 0.1) is 5.41 Å². The van der Waals surface area contributed by atoms with Crippen molar-refractivity contribution in [1.82, 2.24) is 10.6 Å². The molecule has 0 aliphatic heterocycles. The van der Waals surface area contributed by atoms with Crippen molar-refractivity contribution in [3.8, 4) is 0 Å². The number of nitrogens with one attached hydrogen (secondary N) is 2.